The lowest BCUT2D eigenvalue weighted by Crippen LogP contribution is -2.40. The van der Waals surface area contributed by atoms with Crippen LogP contribution in [0.15, 0.2) is 39.5 Å². The molecule has 0 spiro atoms. The highest BCUT2D eigenvalue weighted by Gasteiger charge is 2.30. The van der Waals surface area contributed by atoms with Crippen molar-refractivity contribution in [1.82, 2.24) is 0 Å². The quantitative estimate of drug-likeness (QED) is 0.783. The zero-order chi connectivity index (χ0) is 14.9. The minimum Gasteiger partial charge on any atom is -0.423 e. The number of anilines is 1. The van der Waals surface area contributed by atoms with Crippen molar-refractivity contribution in [3.8, 4) is 0 Å². The first kappa shape index (κ1) is 13.9. The molecule has 2 fully saturated rings. The van der Waals surface area contributed by atoms with Gasteiger partial charge in [0.2, 0.25) is 0 Å². The first-order valence-electron chi connectivity index (χ1n) is 8.63. The van der Waals surface area contributed by atoms with E-state index in [9.17, 15) is 4.79 Å². The molecule has 4 rings (SSSR count). The Kier molecular flexibility index (Phi) is 3.65. The summed E-state index contributed by atoms with van der Waals surface area (Å²) in [5.74, 6) is 0. The van der Waals surface area contributed by atoms with Crippen LogP contribution in [0.2, 0.25) is 0 Å². The normalized spacial score (nSPS) is 20.0. The summed E-state index contributed by atoms with van der Waals surface area (Å²) in [7, 11) is 0. The Labute approximate surface area is 130 Å². The number of hydrogen-bond acceptors (Lipinski definition) is 3. The molecule has 0 saturated heterocycles. The topological polar surface area (TPSA) is 33.5 Å². The largest absolute Gasteiger partial charge is 0.423 e. The molecule has 2 aromatic rings. The van der Waals surface area contributed by atoms with Gasteiger partial charge in [-0.05, 0) is 43.9 Å². The average molecular weight is 297 g/mol. The second-order valence-corrected chi connectivity index (χ2v) is 6.76. The molecular weight excluding hydrogens is 274 g/mol. The Balaban J connectivity index is 1.75. The molecule has 1 aromatic heterocycles. The van der Waals surface area contributed by atoms with Crippen LogP contribution in [0.5, 0.6) is 0 Å². The minimum atomic E-state index is -0.266. The van der Waals surface area contributed by atoms with Crippen molar-refractivity contribution in [2.24, 2.45) is 0 Å². The molecule has 22 heavy (non-hydrogen) atoms. The van der Waals surface area contributed by atoms with Crippen LogP contribution in [0, 0.1) is 0 Å². The van der Waals surface area contributed by atoms with Crippen LogP contribution in [0.25, 0.3) is 11.0 Å². The van der Waals surface area contributed by atoms with Gasteiger partial charge in [-0.25, -0.2) is 4.79 Å². The fourth-order valence-electron chi connectivity index (χ4n) is 4.29. The summed E-state index contributed by atoms with van der Waals surface area (Å²) in [5.41, 5.74) is 1.68. The van der Waals surface area contributed by atoms with Gasteiger partial charge in [0, 0.05) is 35.3 Å². The van der Waals surface area contributed by atoms with Crippen LogP contribution in [-0.4, -0.2) is 12.1 Å². The maximum atomic E-state index is 11.5. The van der Waals surface area contributed by atoms with E-state index in [1.807, 2.05) is 6.07 Å². The summed E-state index contributed by atoms with van der Waals surface area (Å²) >= 11 is 0. The van der Waals surface area contributed by atoms with Crippen LogP contribution in [0.4, 0.5) is 5.69 Å². The van der Waals surface area contributed by atoms with Crippen molar-refractivity contribution >= 4 is 16.7 Å². The van der Waals surface area contributed by atoms with E-state index in [1.54, 1.807) is 0 Å². The van der Waals surface area contributed by atoms with Crippen molar-refractivity contribution < 1.29 is 4.42 Å². The lowest BCUT2D eigenvalue weighted by Gasteiger charge is -2.37. The number of benzene rings is 1. The molecule has 1 aromatic carbocycles. The standard InChI is InChI=1S/C19H23NO2/c21-19-12-10-14-9-11-17(13-18(14)22-19)20(15-5-1-2-6-15)16-7-3-4-8-16/h9-13,15-16H,1-8H2. The Morgan fingerprint density at radius 3 is 2.09 bits per heavy atom. The van der Waals surface area contributed by atoms with Crippen molar-refractivity contribution in [3.63, 3.8) is 0 Å². The minimum absolute atomic E-state index is 0.266. The smallest absolute Gasteiger partial charge is 0.336 e. The van der Waals surface area contributed by atoms with E-state index in [2.05, 4.69) is 23.1 Å². The van der Waals surface area contributed by atoms with E-state index in [-0.39, 0.29) is 5.63 Å². The van der Waals surface area contributed by atoms with Gasteiger partial charge in [0.15, 0.2) is 0 Å². The summed E-state index contributed by atoms with van der Waals surface area (Å²) in [5, 5.41) is 1.00. The van der Waals surface area contributed by atoms with Crippen molar-refractivity contribution in [3.05, 3.63) is 40.8 Å². The first-order chi connectivity index (χ1) is 10.8. The van der Waals surface area contributed by atoms with E-state index >= 15 is 0 Å². The van der Waals surface area contributed by atoms with Gasteiger partial charge in [-0.3, -0.25) is 0 Å². The average Bonchev–Trinajstić information content (AvgIpc) is 3.21. The lowest BCUT2D eigenvalue weighted by molar-refractivity contribution is 0.512. The second-order valence-electron chi connectivity index (χ2n) is 6.76. The molecule has 0 N–H and O–H groups in total. The van der Waals surface area contributed by atoms with Crippen molar-refractivity contribution in [2.75, 3.05) is 4.90 Å². The number of hydrogen-bond donors (Lipinski definition) is 0. The highest BCUT2D eigenvalue weighted by molar-refractivity contribution is 5.80. The molecule has 2 saturated carbocycles. The van der Waals surface area contributed by atoms with Crippen molar-refractivity contribution in [1.29, 1.82) is 0 Å². The van der Waals surface area contributed by atoms with Gasteiger partial charge in [0.1, 0.15) is 5.58 Å². The van der Waals surface area contributed by atoms with E-state index in [1.165, 1.54) is 63.1 Å². The monoisotopic (exact) mass is 297 g/mol. The number of rotatable bonds is 3. The summed E-state index contributed by atoms with van der Waals surface area (Å²) < 4.78 is 5.40. The van der Waals surface area contributed by atoms with Gasteiger partial charge in [-0.2, -0.15) is 0 Å². The highest BCUT2D eigenvalue weighted by atomic mass is 16.4. The predicted molar refractivity (Wildman–Crippen MR) is 89.5 cm³/mol. The predicted octanol–water partition coefficient (Wildman–Crippen LogP) is 4.48. The van der Waals surface area contributed by atoms with E-state index in [0.29, 0.717) is 17.7 Å². The van der Waals surface area contributed by atoms with E-state index in [4.69, 9.17) is 4.42 Å². The van der Waals surface area contributed by atoms with Gasteiger partial charge in [0.05, 0.1) is 0 Å². The third-order valence-electron chi connectivity index (χ3n) is 5.34. The van der Waals surface area contributed by atoms with Crippen LogP contribution < -0.4 is 10.5 Å². The molecule has 0 aliphatic heterocycles. The van der Waals surface area contributed by atoms with Gasteiger partial charge < -0.3 is 9.32 Å². The molecule has 116 valence electrons. The van der Waals surface area contributed by atoms with Crippen LogP contribution in [0.3, 0.4) is 0 Å². The molecule has 1 heterocycles. The maximum Gasteiger partial charge on any atom is 0.336 e. The fourth-order valence-corrected chi connectivity index (χ4v) is 4.29. The molecule has 0 unspecified atom stereocenters. The molecule has 0 radical (unpaired) electrons. The molecule has 0 amide bonds. The number of fused-ring (bicyclic) bond motifs is 1. The SMILES string of the molecule is O=c1ccc2ccc(N(C3CCCC3)C3CCCC3)cc2o1. The number of nitrogens with zero attached hydrogens (tertiary/aromatic N) is 1. The van der Waals surface area contributed by atoms with E-state index < -0.39 is 0 Å². The second kappa shape index (κ2) is 5.79. The van der Waals surface area contributed by atoms with Gasteiger partial charge >= 0.3 is 5.63 Å². The molecule has 2 aliphatic carbocycles. The third kappa shape index (κ3) is 2.53. The van der Waals surface area contributed by atoms with E-state index in [0.717, 1.165) is 5.39 Å². The van der Waals surface area contributed by atoms with Crippen molar-refractivity contribution in [2.45, 2.75) is 63.5 Å². The van der Waals surface area contributed by atoms with Gasteiger partial charge in [-0.1, -0.05) is 25.7 Å². The summed E-state index contributed by atoms with van der Waals surface area (Å²) in [6, 6.07) is 11.0. The molecule has 3 nitrogen and oxygen atoms in total. The van der Waals surface area contributed by atoms with Gasteiger partial charge in [-0.15, -0.1) is 0 Å². The van der Waals surface area contributed by atoms with Crippen LogP contribution >= 0.6 is 0 Å². The zero-order valence-corrected chi connectivity index (χ0v) is 13.0. The fraction of sp³-hybridized carbons (Fsp3) is 0.526. The summed E-state index contributed by atoms with van der Waals surface area (Å²) in [6.07, 6.45) is 10.6. The summed E-state index contributed by atoms with van der Waals surface area (Å²) in [4.78, 5) is 14.1. The Morgan fingerprint density at radius 1 is 0.864 bits per heavy atom. The Morgan fingerprint density at radius 2 is 1.45 bits per heavy atom. The Hall–Kier alpha value is -1.77. The first-order valence-corrected chi connectivity index (χ1v) is 8.63. The van der Waals surface area contributed by atoms with Crippen LogP contribution in [0.1, 0.15) is 51.4 Å². The van der Waals surface area contributed by atoms with Gasteiger partial charge in [0.25, 0.3) is 0 Å². The summed E-state index contributed by atoms with van der Waals surface area (Å²) in [6.45, 7) is 0. The molecule has 0 bridgehead atoms. The molecule has 0 atom stereocenters. The lowest BCUT2D eigenvalue weighted by atomic mass is 10.1. The highest BCUT2D eigenvalue weighted by Crippen LogP contribution is 2.36. The molecule has 2 aliphatic rings. The van der Waals surface area contributed by atoms with Crippen LogP contribution in [-0.2, 0) is 0 Å². The molecular formula is C19H23NO2. The third-order valence-corrected chi connectivity index (χ3v) is 5.34. The zero-order valence-electron chi connectivity index (χ0n) is 13.0. The Bertz CT molecular complexity index is 693. The maximum absolute atomic E-state index is 11.5. The molecule has 3 heteroatoms.